The molecule has 0 aromatic heterocycles. The van der Waals surface area contributed by atoms with Crippen LogP contribution in [0.4, 0.5) is 0 Å². The van der Waals surface area contributed by atoms with Crippen LogP contribution in [0.15, 0.2) is 30.3 Å². The lowest BCUT2D eigenvalue weighted by molar-refractivity contribution is -0.0906. The van der Waals surface area contributed by atoms with E-state index in [-0.39, 0.29) is 19.0 Å². The van der Waals surface area contributed by atoms with Gasteiger partial charge in [-0.15, -0.1) is 0 Å². The van der Waals surface area contributed by atoms with Crippen LogP contribution >= 0.6 is 0 Å². The highest BCUT2D eigenvalue weighted by atomic mass is 16.7. The molecule has 0 bridgehead atoms. The van der Waals surface area contributed by atoms with Crippen LogP contribution < -0.4 is 4.74 Å². The molecule has 2 aliphatic heterocycles. The van der Waals surface area contributed by atoms with E-state index in [1.807, 2.05) is 12.1 Å². The van der Waals surface area contributed by atoms with E-state index in [9.17, 15) is 5.11 Å². The van der Waals surface area contributed by atoms with Crippen LogP contribution in [-0.4, -0.2) is 30.7 Å². The quantitative estimate of drug-likeness (QED) is 0.916. The lowest BCUT2D eigenvalue weighted by atomic mass is 9.79. The molecule has 2 heterocycles. The average Bonchev–Trinajstić information content (AvgIpc) is 3.22. The van der Waals surface area contributed by atoms with Gasteiger partial charge >= 0.3 is 0 Å². The standard InChI is InChI=1S/C22H24O4/c1-13-9-19(26-20-12-25-22-18(20)7-8-24-22)16-5-6-17(16)21(13)15-4-2-3-14(10-15)11-23/h2-4,9-10,18,20,22-23H,5-8,11-12H2,1H3. The second-order valence-electron chi connectivity index (χ2n) is 7.56. The number of rotatable bonds is 4. The minimum atomic E-state index is -0.0764. The maximum atomic E-state index is 9.45. The van der Waals surface area contributed by atoms with Crippen LogP contribution in [0.5, 0.6) is 5.75 Å². The first-order valence-corrected chi connectivity index (χ1v) is 9.50. The fraction of sp³-hybridized carbons (Fsp3) is 0.455. The van der Waals surface area contributed by atoms with Crippen molar-refractivity contribution in [2.45, 2.75) is 45.2 Å². The summed E-state index contributed by atoms with van der Waals surface area (Å²) in [7, 11) is 0. The third kappa shape index (κ3) is 2.56. The van der Waals surface area contributed by atoms with Gasteiger partial charge in [-0.2, -0.15) is 0 Å². The van der Waals surface area contributed by atoms with Crippen molar-refractivity contribution in [1.29, 1.82) is 0 Å². The minimum Gasteiger partial charge on any atom is -0.487 e. The Labute approximate surface area is 153 Å². The predicted octanol–water partition coefficient (Wildman–Crippen LogP) is 3.39. The van der Waals surface area contributed by atoms with E-state index in [0.29, 0.717) is 12.5 Å². The molecule has 136 valence electrons. The third-order valence-corrected chi connectivity index (χ3v) is 5.99. The van der Waals surface area contributed by atoms with E-state index in [4.69, 9.17) is 14.2 Å². The highest BCUT2D eigenvalue weighted by Crippen LogP contribution is 2.43. The molecule has 2 fully saturated rings. The molecule has 0 saturated carbocycles. The van der Waals surface area contributed by atoms with Gasteiger partial charge < -0.3 is 19.3 Å². The van der Waals surface area contributed by atoms with Crippen LogP contribution in [0.1, 0.15) is 28.7 Å². The maximum absolute atomic E-state index is 9.45. The number of aliphatic hydroxyl groups is 1. The van der Waals surface area contributed by atoms with Crippen molar-refractivity contribution in [2.24, 2.45) is 5.92 Å². The van der Waals surface area contributed by atoms with Crippen molar-refractivity contribution in [3.8, 4) is 16.9 Å². The summed E-state index contributed by atoms with van der Waals surface area (Å²) in [5.41, 5.74) is 7.40. The van der Waals surface area contributed by atoms with Crippen molar-refractivity contribution < 1.29 is 19.3 Å². The Kier molecular flexibility index (Phi) is 4.00. The number of fused-ring (bicyclic) bond motifs is 2. The molecule has 2 aromatic carbocycles. The normalized spacial score (nSPS) is 26.3. The van der Waals surface area contributed by atoms with Crippen LogP contribution in [-0.2, 0) is 28.9 Å². The number of hydrogen-bond acceptors (Lipinski definition) is 4. The van der Waals surface area contributed by atoms with Crippen molar-refractivity contribution in [3.63, 3.8) is 0 Å². The number of aliphatic hydroxyl groups excluding tert-OH is 1. The van der Waals surface area contributed by atoms with Crippen LogP contribution in [0.25, 0.3) is 11.1 Å². The Balaban J connectivity index is 1.48. The number of ether oxygens (including phenoxy) is 3. The molecule has 2 saturated heterocycles. The van der Waals surface area contributed by atoms with Gasteiger partial charge in [0.25, 0.3) is 0 Å². The van der Waals surface area contributed by atoms with Gasteiger partial charge in [0.1, 0.15) is 11.9 Å². The molecule has 3 atom stereocenters. The van der Waals surface area contributed by atoms with Crippen molar-refractivity contribution in [2.75, 3.05) is 13.2 Å². The second kappa shape index (κ2) is 6.38. The molecule has 5 rings (SSSR count). The number of aryl methyl sites for hydroxylation is 1. The molecule has 3 aliphatic rings. The van der Waals surface area contributed by atoms with E-state index in [0.717, 1.165) is 37.2 Å². The highest BCUT2D eigenvalue weighted by molar-refractivity contribution is 5.76. The first-order valence-electron chi connectivity index (χ1n) is 9.50. The number of benzene rings is 2. The largest absolute Gasteiger partial charge is 0.487 e. The molecule has 2 aromatic rings. The Morgan fingerprint density at radius 3 is 2.85 bits per heavy atom. The van der Waals surface area contributed by atoms with Gasteiger partial charge in [-0.05, 0) is 71.7 Å². The van der Waals surface area contributed by atoms with Crippen LogP contribution in [0.2, 0.25) is 0 Å². The zero-order chi connectivity index (χ0) is 17.7. The van der Waals surface area contributed by atoms with Crippen molar-refractivity contribution >= 4 is 0 Å². The zero-order valence-electron chi connectivity index (χ0n) is 15.0. The summed E-state index contributed by atoms with van der Waals surface area (Å²) < 4.78 is 17.8. The predicted molar refractivity (Wildman–Crippen MR) is 98.2 cm³/mol. The van der Waals surface area contributed by atoms with E-state index in [2.05, 4.69) is 25.1 Å². The zero-order valence-corrected chi connectivity index (χ0v) is 15.0. The summed E-state index contributed by atoms with van der Waals surface area (Å²) in [6.07, 6.45) is 3.18. The highest BCUT2D eigenvalue weighted by Gasteiger charge is 2.43. The molecule has 26 heavy (non-hydrogen) atoms. The fourth-order valence-electron chi connectivity index (χ4n) is 4.56. The summed E-state index contributed by atoms with van der Waals surface area (Å²) in [5.74, 6) is 1.37. The molecular formula is C22H24O4. The van der Waals surface area contributed by atoms with Gasteiger partial charge in [-0.25, -0.2) is 0 Å². The molecule has 1 N–H and O–H groups in total. The Hall–Kier alpha value is -1.88. The molecule has 0 spiro atoms. The van der Waals surface area contributed by atoms with E-state index in [1.165, 1.54) is 27.8 Å². The number of hydrogen-bond donors (Lipinski definition) is 1. The third-order valence-electron chi connectivity index (χ3n) is 5.99. The van der Waals surface area contributed by atoms with Gasteiger partial charge in [0.15, 0.2) is 6.29 Å². The smallest absolute Gasteiger partial charge is 0.164 e. The first kappa shape index (κ1) is 16.3. The summed E-state index contributed by atoms with van der Waals surface area (Å²) in [5, 5.41) is 9.45. The van der Waals surface area contributed by atoms with Crippen LogP contribution in [0.3, 0.4) is 0 Å². The lowest BCUT2D eigenvalue weighted by Crippen LogP contribution is -2.27. The molecule has 4 heteroatoms. The molecule has 0 amide bonds. The topological polar surface area (TPSA) is 47.9 Å². The Morgan fingerprint density at radius 2 is 2.04 bits per heavy atom. The van der Waals surface area contributed by atoms with E-state index >= 15 is 0 Å². The summed E-state index contributed by atoms with van der Waals surface area (Å²) >= 11 is 0. The Morgan fingerprint density at radius 1 is 1.15 bits per heavy atom. The molecule has 1 aliphatic carbocycles. The molecular weight excluding hydrogens is 328 g/mol. The average molecular weight is 352 g/mol. The van der Waals surface area contributed by atoms with E-state index < -0.39 is 0 Å². The monoisotopic (exact) mass is 352 g/mol. The molecule has 4 nitrogen and oxygen atoms in total. The second-order valence-corrected chi connectivity index (χ2v) is 7.56. The summed E-state index contributed by atoms with van der Waals surface area (Å²) in [4.78, 5) is 0. The molecule has 0 radical (unpaired) electrons. The van der Waals surface area contributed by atoms with E-state index in [1.54, 1.807) is 0 Å². The van der Waals surface area contributed by atoms with Crippen molar-refractivity contribution in [3.05, 3.63) is 52.6 Å². The van der Waals surface area contributed by atoms with Gasteiger partial charge in [0.05, 0.1) is 25.7 Å². The Bertz CT molecular complexity index is 844. The first-order chi connectivity index (χ1) is 12.7. The summed E-state index contributed by atoms with van der Waals surface area (Å²) in [6.45, 7) is 3.61. The van der Waals surface area contributed by atoms with Gasteiger partial charge in [-0.3, -0.25) is 0 Å². The van der Waals surface area contributed by atoms with Crippen molar-refractivity contribution in [1.82, 2.24) is 0 Å². The van der Waals surface area contributed by atoms with Crippen LogP contribution in [0, 0.1) is 12.8 Å². The van der Waals surface area contributed by atoms with Gasteiger partial charge in [0, 0.05) is 0 Å². The fourth-order valence-corrected chi connectivity index (χ4v) is 4.56. The summed E-state index contributed by atoms with van der Waals surface area (Å²) in [6, 6.07) is 10.4. The maximum Gasteiger partial charge on any atom is 0.164 e. The minimum absolute atomic E-state index is 0.0720. The van der Waals surface area contributed by atoms with Gasteiger partial charge in [-0.1, -0.05) is 18.2 Å². The SMILES string of the molecule is Cc1cc(OC2COC3OCCC23)c2c(c1-c1cccc(CO)c1)CC2. The lowest BCUT2D eigenvalue weighted by Gasteiger charge is -2.30. The molecule has 3 unspecified atom stereocenters. The van der Waals surface area contributed by atoms with Gasteiger partial charge in [0.2, 0.25) is 0 Å².